The van der Waals surface area contributed by atoms with Gasteiger partial charge in [0.05, 0.1) is 16.4 Å². The molecule has 1 heterocycles. The standard InChI is InChI=1S/C17H26N4O4/c18-15(23)13-2-1-3-20(13)14(22)9-21(19-25)16-5-11-4-12(6-16)8-17(24,7-11)10-16/h11-13,24H,1-10H2,(H2,18,23)/t11-,12+,13-,16?,17?/m0/s1. The SMILES string of the molecule is NC(=O)[C@@H]1CCCN1C(=O)CN(N=O)C12C[C@@H]3C[C@@H](CC(O)(C3)C1)C2. The van der Waals surface area contributed by atoms with E-state index >= 15 is 0 Å². The Morgan fingerprint density at radius 2 is 1.92 bits per heavy atom. The van der Waals surface area contributed by atoms with Crippen molar-refractivity contribution >= 4 is 11.8 Å². The van der Waals surface area contributed by atoms with Crippen LogP contribution in [0.5, 0.6) is 0 Å². The van der Waals surface area contributed by atoms with Crippen LogP contribution >= 0.6 is 0 Å². The summed E-state index contributed by atoms with van der Waals surface area (Å²) < 4.78 is 0. The molecule has 4 saturated carbocycles. The van der Waals surface area contributed by atoms with Gasteiger partial charge >= 0.3 is 0 Å². The van der Waals surface area contributed by atoms with Crippen LogP contribution in [0.25, 0.3) is 0 Å². The number of carbonyl (C=O) groups is 2. The molecule has 0 radical (unpaired) electrons. The number of rotatable bonds is 5. The highest BCUT2D eigenvalue weighted by atomic mass is 16.3. The van der Waals surface area contributed by atoms with E-state index < -0.39 is 23.1 Å². The predicted octanol–water partition coefficient (Wildman–Crippen LogP) is 0.530. The zero-order chi connectivity index (χ0) is 17.8. The summed E-state index contributed by atoms with van der Waals surface area (Å²) in [4.78, 5) is 37.4. The van der Waals surface area contributed by atoms with E-state index in [2.05, 4.69) is 5.29 Å². The van der Waals surface area contributed by atoms with Crippen LogP contribution in [0.4, 0.5) is 0 Å². The van der Waals surface area contributed by atoms with Crippen molar-refractivity contribution < 1.29 is 14.7 Å². The maximum absolute atomic E-state index is 12.7. The van der Waals surface area contributed by atoms with Crippen molar-refractivity contribution in [1.82, 2.24) is 9.91 Å². The molecule has 8 heteroatoms. The zero-order valence-corrected chi connectivity index (χ0v) is 14.4. The fraction of sp³-hybridized carbons (Fsp3) is 0.882. The molecule has 25 heavy (non-hydrogen) atoms. The summed E-state index contributed by atoms with van der Waals surface area (Å²) in [5, 5.41) is 15.4. The quantitative estimate of drug-likeness (QED) is 0.554. The van der Waals surface area contributed by atoms with Gasteiger partial charge in [0.25, 0.3) is 0 Å². The Bertz CT molecular complexity index is 595. The lowest BCUT2D eigenvalue weighted by Gasteiger charge is -2.61. The van der Waals surface area contributed by atoms with Crippen LogP contribution in [0.3, 0.4) is 0 Å². The fourth-order valence-corrected chi connectivity index (χ4v) is 6.33. The van der Waals surface area contributed by atoms with Gasteiger partial charge in [-0.05, 0) is 56.8 Å². The molecule has 1 aliphatic heterocycles. The molecule has 1 saturated heterocycles. The van der Waals surface area contributed by atoms with Crippen molar-refractivity contribution in [2.24, 2.45) is 22.9 Å². The molecule has 5 aliphatic rings. The summed E-state index contributed by atoms with van der Waals surface area (Å²) in [7, 11) is 0. The van der Waals surface area contributed by atoms with Gasteiger partial charge in [-0.15, -0.1) is 4.91 Å². The first kappa shape index (κ1) is 16.8. The van der Waals surface area contributed by atoms with Crippen LogP contribution in [0, 0.1) is 16.7 Å². The summed E-state index contributed by atoms with van der Waals surface area (Å²) in [5.74, 6) is 0.0238. The van der Waals surface area contributed by atoms with E-state index in [1.807, 2.05) is 0 Å². The third-order valence-corrected chi connectivity index (χ3v) is 6.83. The topological polar surface area (TPSA) is 116 Å². The minimum atomic E-state index is -0.723. The molecule has 0 aromatic rings. The second kappa shape index (κ2) is 5.65. The third-order valence-electron chi connectivity index (χ3n) is 6.83. The van der Waals surface area contributed by atoms with Crippen molar-refractivity contribution in [3.05, 3.63) is 4.91 Å². The maximum Gasteiger partial charge on any atom is 0.244 e. The Kier molecular flexibility index (Phi) is 3.79. The predicted molar refractivity (Wildman–Crippen MR) is 88.8 cm³/mol. The molecule has 0 aromatic carbocycles. The first-order valence-electron chi connectivity index (χ1n) is 9.26. The number of likely N-dealkylation sites (tertiary alicyclic amines) is 1. The Labute approximate surface area is 146 Å². The van der Waals surface area contributed by atoms with Crippen LogP contribution in [-0.4, -0.2) is 57.1 Å². The number of nitroso groups, excluding NO2 is 1. The molecule has 138 valence electrons. The number of nitrogens with two attached hydrogens (primary N) is 1. The zero-order valence-electron chi connectivity index (χ0n) is 14.4. The maximum atomic E-state index is 12.7. The van der Waals surface area contributed by atoms with Crippen LogP contribution < -0.4 is 5.73 Å². The average Bonchev–Trinajstić information content (AvgIpc) is 2.99. The lowest BCUT2D eigenvalue weighted by molar-refractivity contribution is -0.179. The number of hydrogen-bond donors (Lipinski definition) is 2. The van der Waals surface area contributed by atoms with Crippen molar-refractivity contribution in [1.29, 1.82) is 0 Å². The third kappa shape index (κ3) is 2.70. The van der Waals surface area contributed by atoms with E-state index in [0.717, 1.165) is 38.5 Å². The van der Waals surface area contributed by atoms with Gasteiger partial charge in [-0.3, -0.25) is 9.59 Å². The van der Waals surface area contributed by atoms with Gasteiger partial charge < -0.3 is 15.7 Å². The van der Waals surface area contributed by atoms with Crippen LogP contribution in [-0.2, 0) is 9.59 Å². The second-order valence-electron chi connectivity index (χ2n) is 8.70. The lowest BCUT2D eigenvalue weighted by Crippen LogP contribution is -2.65. The molecule has 4 aliphatic carbocycles. The molecule has 5 rings (SSSR count). The summed E-state index contributed by atoms with van der Waals surface area (Å²) in [5.41, 5.74) is 4.15. The largest absolute Gasteiger partial charge is 0.390 e. The summed E-state index contributed by atoms with van der Waals surface area (Å²) in [6.07, 6.45) is 6.12. The molecule has 5 fully saturated rings. The van der Waals surface area contributed by atoms with Gasteiger partial charge in [0.15, 0.2) is 0 Å². The summed E-state index contributed by atoms with van der Waals surface area (Å²) >= 11 is 0. The van der Waals surface area contributed by atoms with E-state index in [1.165, 1.54) is 9.91 Å². The Morgan fingerprint density at radius 3 is 2.48 bits per heavy atom. The van der Waals surface area contributed by atoms with Gasteiger partial charge in [0.1, 0.15) is 12.6 Å². The van der Waals surface area contributed by atoms with Crippen LogP contribution in [0.1, 0.15) is 51.4 Å². The highest BCUT2D eigenvalue weighted by Gasteiger charge is 2.60. The van der Waals surface area contributed by atoms with Gasteiger partial charge in [0.2, 0.25) is 11.8 Å². The summed E-state index contributed by atoms with van der Waals surface area (Å²) in [6, 6.07) is -0.582. The smallest absolute Gasteiger partial charge is 0.244 e. The Hall–Kier alpha value is -1.70. The molecular formula is C17H26N4O4. The number of aliphatic hydroxyl groups is 1. The minimum Gasteiger partial charge on any atom is -0.390 e. The molecule has 8 nitrogen and oxygen atoms in total. The van der Waals surface area contributed by atoms with Gasteiger partial charge in [-0.1, -0.05) is 0 Å². The van der Waals surface area contributed by atoms with Gasteiger partial charge in [-0.25, -0.2) is 5.01 Å². The Balaban J connectivity index is 1.52. The molecule has 0 spiro atoms. The molecule has 2 amide bonds. The first-order chi connectivity index (χ1) is 11.8. The van der Waals surface area contributed by atoms with Crippen molar-refractivity contribution in [2.45, 2.75) is 68.5 Å². The number of carbonyl (C=O) groups excluding carboxylic acids is 2. The minimum absolute atomic E-state index is 0.136. The van der Waals surface area contributed by atoms with Crippen LogP contribution in [0.15, 0.2) is 5.29 Å². The average molecular weight is 350 g/mol. The first-order valence-corrected chi connectivity index (χ1v) is 9.26. The molecule has 3 N–H and O–H groups in total. The Morgan fingerprint density at radius 1 is 1.24 bits per heavy atom. The lowest BCUT2D eigenvalue weighted by atomic mass is 9.51. The van der Waals surface area contributed by atoms with E-state index in [4.69, 9.17) is 5.73 Å². The number of hydrogen-bond acceptors (Lipinski definition) is 5. The number of amides is 2. The molecule has 2 unspecified atom stereocenters. The van der Waals surface area contributed by atoms with E-state index in [9.17, 15) is 19.6 Å². The van der Waals surface area contributed by atoms with E-state index in [-0.39, 0.29) is 12.5 Å². The molecule has 5 atom stereocenters. The monoisotopic (exact) mass is 350 g/mol. The molecule has 4 bridgehead atoms. The van der Waals surface area contributed by atoms with Crippen molar-refractivity contribution in [2.75, 3.05) is 13.1 Å². The molecule has 0 aromatic heterocycles. The van der Waals surface area contributed by atoms with E-state index in [0.29, 0.717) is 31.2 Å². The van der Waals surface area contributed by atoms with Gasteiger partial charge in [0, 0.05) is 13.0 Å². The normalized spacial score (nSPS) is 41.8. The van der Waals surface area contributed by atoms with E-state index in [1.54, 1.807) is 0 Å². The highest BCUT2D eigenvalue weighted by molar-refractivity contribution is 5.88. The van der Waals surface area contributed by atoms with Crippen molar-refractivity contribution in [3.8, 4) is 0 Å². The van der Waals surface area contributed by atoms with Gasteiger partial charge in [-0.2, -0.15) is 0 Å². The highest BCUT2D eigenvalue weighted by Crippen LogP contribution is 2.59. The van der Waals surface area contributed by atoms with Crippen molar-refractivity contribution in [3.63, 3.8) is 0 Å². The summed E-state index contributed by atoms with van der Waals surface area (Å²) in [6.45, 7) is 0.351. The molecular weight excluding hydrogens is 324 g/mol. The number of nitrogens with zero attached hydrogens (tertiary/aromatic N) is 3. The second-order valence-corrected chi connectivity index (χ2v) is 8.70. The fourth-order valence-electron chi connectivity index (χ4n) is 6.33. The van der Waals surface area contributed by atoms with Crippen LogP contribution in [0.2, 0.25) is 0 Å². The number of primary amides is 1.